The van der Waals surface area contributed by atoms with Gasteiger partial charge in [0.2, 0.25) is 0 Å². The fourth-order valence-corrected chi connectivity index (χ4v) is 3.05. The predicted molar refractivity (Wildman–Crippen MR) is 125 cm³/mol. The normalized spacial score (nSPS) is 10.6. The highest BCUT2D eigenvalue weighted by Gasteiger charge is 2.17. The summed E-state index contributed by atoms with van der Waals surface area (Å²) in [5, 5.41) is 13.9. The van der Waals surface area contributed by atoms with Crippen molar-refractivity contribution in [2.24, 2.45) is 0 Å². The van der Waals surface area contributed by atoms with E-state index in [1.165, 1.54) is 37.5 Å². The Morgan fingerprint density at radius 1 is 1.03 bits per heavy atom. The van der Waals surface area contributed by atoms with Crippen LogP contribution in [0.4, 0.5) is 11.4 Å². The maximum atomic E-state index is 12.4. The summed E-state index contributed by atoms with van der Waals surface area (Å²) in [6.45, 7) is 1.68. The van der Waals surface area contributed by atoms with E-state index in [4.69, 9.17) is 9.47 Å². The lowest BCUT2D eigenvalue weighted by atomic mass is 10.1. The van der Waals surface area contributed by atoms with Crippen LogP contribution in [0.5, 0.6) is 11.5 Å². The van der Waals surface area contributed by atoms with Crippen LogP contribution in [-0.4, -0.2) is 30.3 Å². The van der Waals surface area contributed by atoms with Crippen molar-refractivity contribution in [1.29, 1.82) is 0 Å². The molecule has 33 heavy (non-hydrogen) atoms. The fourth-order valence-electron chi connectivity index (χ4n) is 3.05. The average Bonchev–Trinajstić information content (AvgIpc) is 2.82. The summed E-state index contributed by atoms with van der Waals surface area (Å²) in [4.78, 5) is 35.2. The lowest BCUT2D eigenvalue weighted by Crippen LogP contribution is -2.20. The molecule has 0 aliphatic heterocycles. The van der Waals surface area contributed by atoms with Crippen LogP contribution in [0.25, 0.3) is 6.08 Å². The molecule has 0 atom stereocenters. The van der Waals surface area contributed by atoms with E-state index in [0.29, 0.717) is 22.7 Å². The minimum atomic E-state index is -0.592. The number of nitrogens with one attached hydrogen (secondary N) is 1. The van der Waals surface area contributed by atoms with Gasteiger partial charge in [-0.1, -0.05) is 42.5 Å². The van der Waals surface area contributed by atoms with E-state index >= 15 is 0 Å². The number of amides is 1. The van der Waals surface area contributed by atoms with Crippen LogP contribution in [0.15, 0.2) is 72.8 Å². The molecule has 0 fully saturated rings. The van der Waals surface area contributed by atoms with Crippen molar-refractivity contribution in [1.82, 2.24) is 0 Å². The third-order valence-corrected chi connectivity index (χ3v) is 4.76. The number of carbonyl (C=O) groups is 2. The first-order chi connectivity index (χ1) is 15.9. The van der Waals surface area contributed by atoms with Crippen molar-refractivity contribution in [2.45, 2.75) is 6.92 Å². The van der Waals surface area contributed by atoms with Gasteiger partial charge in [-0.15, -0.1) is 0 Å². The predicted octanol–water partition coefficient (Wildman–Crippen LogP) is 4.83. The van der Waals surface area contributed by atoms with E-state index in [1.54, 1.807) is 30.3 Å². The van der Waals surface area contributed by atoms with Gasteiger partial charge >= 0.3 is 0 Å². The zero-order chi connectivity index (χ0) is 23.8. The molecule has 0 unspecified atom stereocenters. The molecule has 0 aliphatic rings. The fraction of sp³-hybridized carbons (Fsp3) is 0.120. The van der Waals surface area contributed by atoms with Crippen LogP contribution >= 0.6 is 0 Å². The lowest BCUT2D eigenvalue weighted by molar-refractivity contribution is -0.385. The first-order valence-corrected chi connectivity index (χ1v) is 10.0. The first-order valence-electron chi connectivity index (χ1n) is 10.0. The van der Waals surface area contributed by atoms with Crippen molar-refractivity contribution in [3.63, 3.8) is 0 Å². The van der Waals surface area contributed by atoms with Crippen LogP contribution in [0, 0.1) is 17.0 Å². The van der Waals surface area contributed by atoms with Gasteiger partial charge in [0.15, 0.2) is 23.9 Å². The largest absolute Gasteiger partial charge is 0.493 e. The molecule has 0 radical (unpaired) electrons. The SMILES string of the molecule is COc1cc(/C=C/C(=O)c2ccccc2[N+](=O)[O-])ccc1OCC(=O)Nc1ccccc1C. The van der Waals surface area contributed by atoms with Crippen molar-refractivity contribution < 1.29 is 24.0 Å². The Kier molecular flexibility index (Phi) is 7.54. The quantitative estimate of drug-likeness (QED) is 0.218. The highest BCUT2D eigenvalue weighted by Crippen LogP contribution is 2.29. The summed E-state index contributed by atoms with van der Waals surface area (Å²) >= 11 is 0. The molecule has 1 amide bonds. The summed E-state index contributed by atoms with van der Waals surface area (Å²) in [5.41, 5.74) is 2.02. The molecule has 0 bridgehead atoms. The molecule has 168 valence electrons. The molecule has 3 rings (SSSR count). The smallest absolute Gasteiger partial charge is 0.280 e. The molecular formula is C25H22N2O6. The Balaban J connectivity index is 1.67. The third-order valence-electron chi connectivity index (χ3n) is 4.76. The van der Waals surface area contributed by atoms with Crippen LogP contribution < -0.4 is 14.8 Å². The molecular weight excluding hydrogens is 424 g/mol. The Labute approximate surface area is 190 Å². The van der Waals surface area contributed by atoms with Crippen LogP contribution in [-0.2, 0) is 4.79 Å². The number of nitro benzene ring substituents is 1. The second-order valence-corrected chi connectivity index (χ2v) is 7.03. The maximum absolute atomic E-state index is 12.4. The molecule has 0 heterocycles. The van der Waals surface area contributed by atoms with Crippen molar-refractivity contribution in [2.75, 3.05) is 19.0 Å². The first kappa shape index (κ1) is 23.2. The number of hydrogen-bond acceptors (Lipinski definition) is 6. The molecule has 3 aromatic rings. The van der Waals surface area contributed by atoms with Gasteiger partial charge < -0.3 is 14.8 Å². The van der Waals surface area contributed by atoms with Crippen molar-refractivity contribution in [3.8, 4) is 11.5 Å². The number of hydrogen-bond donors (Lipinski definition) is 1. The van der Waals surface area contributed by atoms with Gasteiger partial charge in [0.05, 0.1) is 17.6 Å². The van der Waals surface area contributed by atoms with Crippen molar-refractivity contribution in [3.05, 3.63) is 99.6 Å². The molecule has 0 aliphatic carbocycles. The number of carbonyl (C=O) groups excluding carboxylic acids is 2. The summed E-state index contributed by atoms with van der Waals surface area (Å²) in [5.74, 6) is -0.0709. The molecule has 0 saturated carbocycles. The number of ether oxygens (including phenoxy) is 2. The number of benzene rings is 3. The molecule has 1 N–H and O–H groups in total. The van der Waals surface area contributed by atoms with Crippen LogP contribution in [0.1, 0.15) is 21.5 Å². The highest BCUT2D eigenvalue weighted by molar-refractivity contribution is 6.09. The molecule has 0 aromatic heterocycles. The minimum absolute atomic E-state index is 0.00494. The number of anilines is 1. The number of allylic oxidation sites excluding steroid dienone is 1. The average molecular weight is 446 g/mol. The van der Waals surface area contributed by atoms with Gasteiger partial charge in [0.25, 0.3) is 11.6 Å². The Bertz CT molecular complexity index is 1220. The van der Waals surface area contributed by atoms with E-state index in [2.05, 4.69) is 5.32 Å². The van der Waals surface area contributed by atoms with Gasteiger partial charge in [0.1, 0.15) is 0 Å². The van der Waals surface area contributed by atoms with E-state index in [-0.39, 0.29) is 23.8 Å². The van der Waals surface area contributed by atoms with Gasteiger partial charge in [-0.25, -0.2) is 0 Å². The Morgan fingerprint density at radius 2 is 1.76 bits per heavy atom. The number of rotatable bonds is 9. The number of aryl methyl sites for hydroxylation is 1. The molecule has 8 nitrogen and oxygen atoms in total. The topological polar surface area (TPSA) is 108 Å². The zero-order valence-corrected chi connectivity index (χ0v) is 18.1. The summed E-state index contributed by atoms with van der Waals surface area (Å²) < 4.78 is 10.9. The molecule has 0 spiro atoms. The second-order valence-electron chi connectivity index (χ2n) is 7.03. The lowest BCUT2D eigenvalue weighted by Gasteiger charge is -2.12. The molecule has 3 aromatic carbocycles. The molecule has 0 saturated heterocycles. The zero-order valence-electron chi connectivity index (χ0n) is 18.1. The van der Waals surface area contributed by atoms with Gasteiger partial charge in [-0.05, 0) is 48.4 Å². The number of methoxy groups -OCH3 is 1. The van der Waals surface area contributed by atoms with Crippen LogP contribution in [0.2, 0.25) is 0 Å². The summed E-state index contributed by atoms with van der Waals surface area (Å²) in [6, 6.07) is 18.1. The maximum Gasteiger partial charge on any atom is 0.280 e. The Morgan fingerprint density at radius 3 is 2.48 bits per heavy atom. The number of para-hydroxylation sites is 2. The van der Waals surface area contributed by atoms with Gasteiger partial charge in [-0.2, -0.15) is 0 Å². The Hall–Kier alpha value is -4.46. The van der Waals surface area contributed by atoms with Crippen molar-refractivity contribution >= 4 is 29.1 Å². The number of ketones is 1. The summed E-state index contributed by atoms with van der Waals surface area (Å²) in [7, 11) is 1.46. The van der Waals surface area contributed by atoms with Gasteiger partial charge in [-0.3, -0.25) is 19.7 Å². The van der Waals surface area contributed by atoms with Crippen LogP contribution in [0.3, 0.4) is 0 Å². The van der Waals surface area contributed by atoms with E-state index in [0.717, 1.165) is 5.56 Å². The van der Waals surface area contributed by atoms with Gasteiger partial charge in [0, 0.05) is 11.8 Å². The number of nitro groups is 1. The third kappa shape index (κ3) is 6.04. The standard InChI is InChI=1S/C25H22N2O6/c1-17-7-3-5-9-20(17)26-25(29)16-33-23-14-12-18(15-24(23)32-2)11-13-22(28)19-8-4-6-10-21(19)27(30)31/h3-15H,16H2,1-2H3,(H,26,29)/b13-11+. The van der Waals surface area contributed by atoms with E-state index in [1.807, 2.05) is 25.1 Å². The second kappa shape index (κ2) is 10.7. The highest BCUT2D eigenvalue weighted by atomic mass is 16.6. The van der Waals surface area contributed by atoms with E-state index < -0.39 is 10.7 Å². The number of nitrogens with zero attached hydrogens (tertiary/aromatic N) is 1. The summed E-state index contributed by atoms with van der Waals surface area (Å²) in [6.07, 6.45) is 2.78. The minimum Gasteiger partial charge on any atom is -0.493 e. The van der Waals surface area contributed by atoms with E-state index in [9.17, 15) is 19.7 Å². The monoisotopic (exact) mass is 446 g/mol. The molecule has 8 heteroatoms.